The lowest BCUT2D eigenvalue weighted by Crippen LogP contribution is -2.42. The van der Waals surface area contributed by atoms with Gasteiger partial charge in [0.25, 0.3) is 0 Å². The Labute approximate surface area is 154 Å². The first-order valence-corrected chi connectivity index (χ1v) is 8.95. The van der Waals surface area contributed by atoms with Crippen molar-refractivity contribution in [3.05, 3.63) is 59.7 Å². The molecule has 0 bridgehead atoms. The molecule has 3 rings (SSSR count). The molecule has 1 fully saturated rings. The average molecular weight is 355 g/mol. The van der Waals surface area contributed by atoms with Gasteiger partial charge in [-0.25, -0.2) is 0 Å². The largest absolute Gasteiger partial charge is 0.493 e. The van der Waals surface area contributed by atoms with Crippen molar-refractivity contribution in [3.8, 4) is 11.5 Å². The number of methoxy groups -OCH3 is 1. The summed E-state index contributed by atoms with van der Waals surface area (Å²) in [6, 6.07) is 15.2. The van der Waals surface area contributed by atoms with E-state index in [1.807, 2.05) is 53.4 Å². The first-order valence-electron chi connectivity index (χ1n) is 8.95. The molecule has 1 saturated heterocycles. The standard InChI is InChI=1S/C21H25NO4/c1-25-19-4-2-3-5-20(19)26-18-10-12-22(13-11-18)21(24)14-16-6-8-17(15-23)9-7-16/h2-9,18,23H,10-15H2,1H3. The number of likely N-dealkylation sites (tertiary alicyclic amines) is 1. The number of hydrogen-bond acceptors (Lipinski definition) is 4. The molecule has 2 aromatic rings. The number of ether oxygens (including phenoxy) is 2. The summed E-state index contributed by atoms with van der Waals surface area (Å²) in [4.78, 5) is 14.4. The Morgan fingerprint density at radius 2 is 1.65 bits per heavy atom. The minimum absolute atomic E-state index is 0.0218. The molecule has 0 unspecified atom stereocenters. The second-order valence-electron chi connectivity index (χ2n) is 6.50. The van der Waals surface area contributed by atoms with Crippen molar-refractivity contribution < 1.29 is 19.4 Å². The number of carbonyl (C=O) groups is 1. The van der Waals surface area contributed by atoms with Crippen molar-refractivity contribution in [1.29, 1.82) is 0 Å². The van der Waals surface area contributed by atoms with Gasteiger partial charge >= 0.3 is 0 Å². The van der Waals surface area contributed by atoms with Crippen molar-refractivity contribution in [2.75, 3.05) is 20.2 Å². The molecular formula is C21H25NO4. The smallest absolute Gasteiger partial charge is 0.226 e. The summed E-state index contributed by atoms with van der Waals surface area (Å²) in [5.74, 6) is 1.62. The minimum atomic E-state index is 0.0218. The number of carbonyl (C=O) groups excluding carboxylic acids is 1. The summed E-state index contributed by atoms with van der Waals surface area (Å²) in [7, 11) is 1.64. The second kappa shape index (κ2) is 8.72. The van der Waals surface area contributed by atoms with Gasteiger partial charge in [-0.3, -0.25) is 4.79 Å². The fraction of sp³-hybridized carbons (Fsp3) is 0.381. The molecule has 138 valence electrons. The van der Waals surface area contributed by atoms with Crippen molar-refractivity contribution in [2.45, 2.75) is 32.0 Å². The molecule has 0 saturated carbocycles. The molecule has 0 radical (unpaired) electrons. The van der Waals surface area contributed by atoms with E-state index in [4.69, 9.17) is 14.6 Å². The van der Waals surface area contributed by atoms with Gasteiger partial charge in [0, 0.05) is 25.9 Å². The predicted molar refractivity (Wildman–Crippen MR) is 99.3 cm³/mol. The van der Waals surface area contributed by atoms with E-state index in [2.05, 4.69) is 0 Å². The van der Waals surface area contributed by atoms with Gasteiger partial charge in [-0.15, -0.1) is 0 Å². The van der Waals surface area contributed by atoms with E-state index in [1.165, 1.54) is 0 Å². The molecule has 26 heavy (non-hydrogen) atoms. The molecule has 0 spiro atoms. The van der Waals surface area contributed by atoms with Gasteiger partial charge in [0.1, 0.15) is 6.10 Å². The highest BCUT2D eigenvalue weighted by atomic mass is 16.5. The first kappa shape index (κ1) is 18.3. The summed E-state index contributed by atoms with van der Waals surface area (Å²) in [5.41, 5.74) is 1.83. The Morgan fingerprint density at radius 3 is 2.27 bits per heavy atom. The Bertz CT molecular complexity index is 721. The number of aliphatic hydroxyl groups excluding tert-OH is 1. The zero-order valence-electron chi connectivity index (χ0n) is 15.1. The van der Waals surface area contributed by atoms with Crippen molar-refractivity contribution >= 4 is 5.91 Å². The van der Waals surface area contributed by atoms with Gasteiger partial charge in [0.15, 0.2) is 11.5 Å². The predicted octanol–water partition coefficient (Wildman–Crippen LogP) is 2.80. The van der Waals surface area contributed by atoms with Gasteiger partial charge in [0.2, 0.25) is 5.91 Å². The number of aliphatic hydroxyl groups is 1. The zero-order chi connectivity index (χ0) is 18.4. The molecule has 1 aliphatic heterocycles. The Hall–Kier alpha value is -2.53. The quantitative estimate of drug-likeness (QED) is 0.866. The molecule has 5 nitrogen and oxygen atoms in total. The van der Waals surface area contributed by atoms with Crippen LogP contribution in [0.25, 0.3) is 0 Å². The van der Waals surface area contributed by atoms with Crippen molar-refractivity contribution in [3.63, 3.8) is 0 Å². The number of nitrogens with zero attached hydrogens (tertiary/aromatic N) is 1. The maximum atomic E-state index is 12.5. The lowest BCUT2D eigenvalue weighted by atomic mass is 10.0. The second-order valence-corrected chi connectivity index (χ2v) is 6.50. The summed E-state index contributed by atoms with van der Waals surface area (Å²) < 4.78 is 11.4. The highest BCUT2D eigenvalue weighted by Gasteiger charge is 2.24. The van der Waals surface area contributed by atoms with Crippen LogP contribution in [0.1, 0.15) is 24.0 Å². The maximum absolute atomic E-state index is 12.5. The van der Waals surface area contributed by atoms with Crippen LogP contribution in [0, 0.1) is 0 Å². The lowest BCUT2D eigenvalue weighted by molar-refractivity contribution is -0.132. The molecule has 2 aromatic carbocycles. The molecule has 5 heteroatoms. The highest BCUT2D eigenvalue weighted by Crippen LogP contribution is 2.29. The van der Waals surface area contributed by atoms with Crippen molar-refractivity contribution in [1.82, 2.24) is 4.90 Å². The molecule has 0 aliphatic carbocycles. The van der Waals surface area contributed by atoms with E-state index in [0.29, 0.717) is 19.5 Å². The summed E-state index contributed by atoms with van der Waals surface area (Å²) in [6.45, 7) is 1.43. The van der Waals surface area contributed by atoms with Gasteiger partial charge in [0.05, 0.1) is 20.1 Å². The van der Waals surface area contributed by atoms with Crippen LogP contribution in [0.4, 0.5) is 0 Å². The summed E-state index contributed by atoms with van der Waals surface area (Å²) in [5, 5.41) is 9.08. The molecule has 1 amide bonds. The monoisotopic (exact) mass is 355 g/mol. The van der Waals surface area contributed by atoms with E-state index >= 15 is 0 Å². The third-order valence-corrected chi connectivity index (χ3v) is 4.72. The van der Waals surface area contributed by atoms with Gasteiger partial charge in [-0.2, -0.15) is 0 Å². The average Bonchev–Trinajstić information content (AvgIpc) is 2.69. The third-order valence-electron chi connectivity index (χ3n) is 4.72. The minimum Gasteiger partial charge on any atom is -0.493 e. The van der Waals surface area contributed by atoms with Crippen LogP contribution < -0.4 is 9.47 Å². The summed E-state index contributed by atoms with van der Waals surface area (Å²) in [6.07, 6.45) is 2.11. The topological polar surface area (TPSA) is 59.0 Å². The summed E-state index contributed by atoms with van der Waals surface area (Å²) >= 11 is 0. The molecule has 1 N–H and O–H groups in total. The highest BCUT2D eigenvalue weighted by molar-refractivity contribution is 5.78. The molecule has 1 aliphatic rings. The number of para-hydroxylation sites is 2. The number of piperidine rings is 1. The van der Waals surface area contributed by atoms with Crippen LogP contribution in [-0.4, -0.2) is 42.2 Å². The first-order chi connectivity index (χ1) is 12.7. The van der Waals surface area contributed by atoms with Gasteiger partial charge in [-0.1, -0.05) is 36.4 Å². The van der Waals surface area contributed by atoms with E-state index in [-0.39, 0.29) is 18.6 Å². The van der Waals surface area contributed by atoms with Crippen LogP contribution in [0.15, 0.2) is 48.5 Å². The third kappa shape index (κ3) is 4.55. The molecule has 0 aromatic heterocycles. The fourth-order valence-corrected chi connectivity index (χ4v) is 3.17. The van der Waals surface area contributed by atoms with Crippen LogP contribution in [0.2, 0.25) is 0 Å². The van der Waals surface area contributed by atoms with Crippen LogP contribution in [0.3, 0.4) is 0 Å². The number of benzene rings is 2. The normalized spacial score (nSPS) is 14.9. The van der Waals surface area contributed by atoms with Crippen LogP contribution in [0.5, 0.6) is 11.5 Å². The molecular weight excluding hydrogens is 330 g/mol. The Balaban J connectivity index is 1.50. The van der Waals surface area contributed by atoms with Crippen LogP contribution in [-0.2, 0) is 17.8 Å². The molecule has 0 atom stereocenters. The van der Waals surface area contributed by atoms with Crippen molar-refractivity contribution in [2.24, 2.45) is 0 Å². The Kier molecular flexibility index (Phi) is 6.12. The number of hydrogen-bond donors (Lipinski definition) is 1. The fourth-order valence-electron chi connectivity index (χ4n) is 3.17. The molecule has 1 heterocycles. The maximum Gasteiger partial charge on any atom is 0.226 e. The van der Waals surface area contributed by atoms with E-state index < -0.39 is 0 Å². The SMILES string of the molecule is COc1ccccc1OC1CCN(C(=O)Cc2ccc(CO)cc2)CC1. The van der Waals surface area contributed by atoms with Gasteiger partial charge < -0.3 is 19.5 Å². The van der Waals surface area contributed by atoms with Gasteiger partial charge in [-0.05, 0) is 23.3 Å². The van der Waals surface area contributed by atoms with E-state index in [0.717, 1.165) is 35.5 Å². The van der Waals surface area contributed by atoms with E-state index in [1.54, 1.807) is 7.11 Å². The lowest BCUT2D eigenvalue weighted by Gasteiger charge is -2.32. The van der Waals surface area contributed by atoms with Crippen LogP contribution >= 0.6 is 0 Å². The number of rotatable bonds is 6. The number of amides is 1. The zero-order valence-corrected chi connectivity index (χ0v) is 15.1. The van der Waals surface area contributed by atoms with E-state index in [9.17, 15) is 4.79 Å². The Morgan fingerprint density at radius 1 is 1.04 bits per heavy atom.